The van der Waals surface area contributed by atoms with Gasteiger partial charge in [-0.25, -0.2) is 0 Å². The molecule has 19 heavy (non-hydrogen) atoms. The van der Waals surface area contributed by atoms with Gasteiger partial charge >= 0.3 is 0 Å². The van der Waals surface area contributed by atoms with E-state index in [1.165, 1.54) is 22.2 Å². The first-order valence-corrected chi connectivity index (χ1v) is 7.63. The van der Waals surface area contributed by atoms with Gasteiger partial charge in [-0.2, -0.15) is 0 Å². The minimum absolute atomic E-state index is 0.276. The average molecular weight is 274 g/mol. The van der Waals surface area contributed by atoms with E-state index in [2.05, 4.69) is 64.2 Å². The molecule has 2 heterocycles. The predicted octanol–water partition coefficient (Wildman–Crippen LogP) is 3.57. The van der Waals surface area contributed by atoms with Crippen molar-refractivity contribution in [3.8, 4) is 0 Å². The van der Waals surface area contributed by atoms with Gasteiger partial charge in [0.1, 0.15) is 0 Å². The lowest BCUT2D eigenvalue weighted by Gasteiger charge is -2.37. The molecule has 0 amide bonds. The smallest absolute Gasteiger partial charge is 0.0459 e. The normalized spacial score (nSPS) is 20.7. The van der Waals surface area contributed by atoms with Gasteiger partial charge in [0.2, 0.25) is 0 Å². The molecule has 2 atom stereocenters. The molecule has 1 N–H and O–H groups in total. The maximum Gasteiger partial charge on any atom is 0.0459 e. The minimum Gasteiger partial charge on any atom is -0.357 e. The Hall–Kier alpha value is -0.850. The second-order valence-corrected chi connectivity index (χ2v) is 8.14. The molecule has 1 aromatic heterocycles. The van der Waals surface area contributed by atoms with Gasteiger partial charge in [0.05, 0.1) is 0 Å². The highest BCUT2D eigenvalue weighted by atomic mass is 31.0. The van der Waals surface area contributed by atoms with Crippen LogP contribution in [0.5, 0.6) is 0 Å². The number of hydrogen-bond donors (Lipinski definition) is 1. The first kappa shape index (κ1) is 13.1. The zero-order valence-corrected chi connectivity index (χ0v) is 13.2. The van der Waals surface area contributed by atoms with Gasteiger partial charge in [-0.1, -0.05) is 32.0 Å². The maximum atomic E-state index is 3.60. The van der Waals surface area contributed by atoms with E-state index in [1.807, 2.05) is 0 Å². The van der Waals surface area contributed by atoms with Crippen LogP contribution in [0.4, 0.5) is 0 Å². The number of para-hydroxylation sites is 1. The molecule has 2 nitrogen and oxygen atoms in total. The monoisotopic (exact) mass is 274 g/mol. The third-order valence-electron chi connectivity index (χ3n) is 4.00. The van der Waals surface area contributed by atoms with Crippen LogP contribution in [0.15, 0.2) is 24.3 Å². The van der Waals surface area contributed by atoms with Crippen molar-refractivity contribution >= 4 is 20.1 Å². The van der Waals surface area contributed by atoms with E-state index in [-0.39, 0.29) is 5.16 Å². The molecule has 102 valence electrons. The Balaban J connectivity index is 1.95. The average Bonchev–Trinajstić information content (AvgIpc) is 2.66. The summed E-state index contributed by atoms with van der Waals surface area (Å²) in [6.45, 7) is 9.08. The summed E-state index contributed by atoms with van der Waals surface area (Å²) in [5, 5.41) is 1.69. The molecule has 0 saturated carbocycles. The van der Waals surface area contributed by atoms with Crippen molar-refractivity contribution < 1.29 is 0 Å². The quantitative estimate of drug-likeness (QED) is 0.830. The van der Waals surface area contributed by atoms with Crippen LogP contribution in [0.2, 0.25) is 0 Å². The van der Waals surface area contributed by atoms with E-state index >= 15 is 0 Å². The van der Waals surface area contributed by atoms with Gasteiger partial charge in [-0.3, -0.25) is 4.90 Å². The van der Waals surface area contributed by atoms with Crippen LogP contribution >= 0.6 is 9.24 Å². The Labute approximate surface area is 117 Å². The fourth-order valence-corrected chi connectivity index (χ4v) is 3.38. The first-order chi connectivity index (χ1) is 8.94. The highest BCUT2D eigenvalue weighted by Gasteiger charge is 2.28. The van der Waals surface area contributed by atoms with E-state index in [1.54, 1.807) is 0 Å². The second kappa shape index (κ2) is 4.61. The lowest BCUT2D eigenvalue weighted by Crippen LogP contribution is -2.43. The molecule has 2 aromatic rings. The van der Waals surface area contributed by atoms with Gasteiger partial charge in [-0.15, -0.1) is 9.24 Å². The number of H-pyrrole nitrogens is 1. The summed E-state index contributed by atoms with van der Waals surface area (Å²) in [6.07, 6.45) is 1.15. The molecule has 2 unspecified atom stereocenters. The number of benzene rings is 1. The number of fused-ring (bicyclic) bond motifs is 3. The Morgan fingerprint density at radius 3 is 2.84 bits per heavy atom. The van der Waals surface area contributed by atoms with Crippen molar-refractivity contribution in [2.45, 2.75) is 44.9 Å². The molecule has 3 rings (SSSR count). The van der Waals surface area contributed by atoms with Crippen molar-refractivity contribution in [2.24, 2.45) is 0 Å². The third-order valence-corrected chi connectivity index (χ3v) is 4.18. The molecule has 0 aliphatic carbocycles. The lowest BCUT2D eigenvalue weighted by atomic mass is 9.96. The van der Waals surface area contributed by atoms with Crippen LogP contribution in [0, 0.1) is 0 Å². The molecule has 0 radical (unpaired) electrons. The number of nitrogens with zero attached hydrogens (tertiary/aromatic N) is 1. The molecule has 0 fully saturated rings. The second-order valence-electron chi connectivity index (χ2n) is 6.57. The van der Waals surface area contributed by atoms with Crippen LogP contribution in [-0.2, 0) is 13.0 Å². The fourth-order valence-electron chi connectivity index (χ4n) is 3.14. The number of aromatic nitrogens is 1. The summed E-state index contributed by atoms with van der Waals surface area (Å²) in [5.74, 6) is 0. The highest BCUT2D eigenvalue weighted by Crippen LogP contribution is 2.31. The molecule has 1 aromatic carbocycles. The summed E-state index contributed by atoms with van der Waals surface area (Å²) in [7, 11) is 2.96. The lowest BCUT2D eigenvalue weighted by molar-refractivity contribution is 0.170. The van der Waals surface area contributed by atoms with Crippen LogP contribution in [0.3, 0.4) is 0 Å². The Morgan fingerprint density at radius 2 is 2.11 bits per heavy atom. The van der Waals surface area contributed by atoms with E-state index in [0.29, 0.717) is 6.04 Å². The minimum atomic E-state index is 0.276. The van der Waals surface area contributed by atoms with E-state index in [4.69, 9.17) is 0 Å². The third kappa shape index (κ3) is 2.57. The van der Waals surface area contributed by atoms with Gasteiger partial charge in [0.25, 0.3) is 0 Å². The zero-order chi connectivity index (χ0) is 13.6. The van der Waals surface area contributed by atoms with Crippen LogP contribution in [0.25, 0.3) is 10.9 Å². The molecular weight excluding hydrogens is 251 g/mol. The van der Waals surface area contributed by atoms with E-state index in [0.717, 1.165) is 19.5 Å². The summed E-state index contributed by atoms with van der Waals surface area (Å²) in [5.41, 5.74) is 4.22. The summed E-state index contributed by atoms with van der Waals surface area (Å²) >= 11 is 0. The molecular formula is C16H23N2P. The molecule has 1 aliphatic rings. The van der Waals surface area contributed by atoms with Gasteiger partial charge in [-0.05, 0) is 30.1 Å². The number of nitrogens with one attached hydrogen (secondary N) is 1. The van der Waals surface area contributed by atoms with Crippen molar-refractivity contribution in [3.63, 3.8) is 0 Å². The Morgan fingerprint density at radius 1 is 1.37 bits per heavy atom. The Kier molecular flexibility index (Phi) is 3.19. The fraction of sp³-hybridized carbons (Fsp3) is 0.500. The first-order valence-electron chi connectivity index (χ1n) is 7.05. The van der Waals surface area contributed by atoms with Crippen molar-refractivity contribution in [1.29, 1.82) is 0 Å². The topological polar surface area (TPSA) is 19.0 Å². The summed E-state index contributed by atoms with van der Waals surface area (Å²) in [6, 6.07) is 9.29. The SMILES string of the molecule is CC1Cc2c([nH]c3ccccc23)CN1CC(C)(C)P. The molecule has 1 aliphatic heterocycles. The van der Waals surface area contributed by atoms with Gasteiger partial charge in [0.15, 0.2) is 0 Å². The number of aromatic amines is 1. The number of hydrogen-bond acceptors (Lipinski definition) is 1. The largest absolute Gasteiger partial charge is 0.357 e. The summed E-state index contributed by atoms with van der Waals surface area (Å²) < 4.78 is 0. The molecule has 0 spiro atoms. The molecule has 0 bridgehead atoms. The molecule has 0 saturated heterocycles. The Bertz CT molecular complexity index is 594. The predicted molar refractivity (Wildman–Crippen MR) is 85.7 cm³/mol. The van der Waals surface area contributed by atoms with Crippen LogP contribution < -0.4 is 0 Å². The standard InChI is InChI=1S/C16H23N2P/c1-11-8-13-12-6-4-5-7-14(12)17-15(13)9-18(11)10-16(2,3)19/h4-7,11,17H,8-10,19H2,1-3H3. The highest BCUT2D eigenvalue weighted by molar-refractivity contribution is 7.18. The number of rotatable bonds is 2. The van der Waals surface area contributed by atoms with Crippen molar-refractivity contribution in [3.05, 3.63) is 35.5 Å². The van der Waals surface area contributed by atoms with E-state index in [9.17, 15) is 0 Å². The maximum absolute atomic E-state index is 3.60. The van der Waals surface area contributed by atoms with Gasteiger partial charge < -0.3 is 4.98 Å². The summed E-state index contributed by atoms with van der Waals surface area (Å²) in [4.78, 5) is 6.19. The van der Waals surface area contributed by atoms with Crippen molar-refractivity contribution in [2.75, 3.05) is 6.54 Å². The van der Waals surface area contributed by atoms with E-state index < -0.39 is 0 Å². The van der Waals surface area contributed by atoms with Crippen LogP contribution in [0.1, 0.15) is 32.0 Å². The van der Waals surface area contributed by atoms with Crippen molar-refractivity contribution in [1.82, 2.24) is 9.88 Å². The molecule has 3 heteroatoms. The zero-order valence-electron chi connectivity index (χ0n) is 12.0. The van der Waals surface area contributed by atoms with Gasteiger partial charge in [0, 0.05) is 35.7 Å². The van der Waals surface area contributed by atoms with Crippen LogP contribution in [-0.4, -0.2) is 27.6 Å².